The number of para-hydroxylation sites is 3. The highest BCUT2D eigenvalue weighted by Gasteiger charge is 2.21. The van der Waals surface area contributed by atoms with Crippen molar-refractivity contribution in [1.82, 2.24) is 14.1 Å². The van der Waals surface area contributed by atoms with Gasteiger partial charge in [0.05, 0.1) is 27.6 Å². The van der Waals surface area contributed by atoms with E-state index in [9.17, 15) is 0 Å². The van der Waals surface area contributed by atoms with Crippen LogP contribution in [-0.4, -0.2) is 14.1 Å². The van der Waals surface area contributed by atoms with Gasteiger partial charge in [-0.05, 0) is 64.9 Å². The fourth-order valence-corrected chi connectivity index (χ4v) is 6.78. The molecule has 0 spiro atoms. The highest BCUT2D eigenvalue weighted by Crippen LogP contribution is 2.43. The van der Waals surface area contributed by atoms with Crippen molar-refractivity contribution >= 4 is 54.5 Å². The summed E-state index contributed by atoms with van der Waals surface area (Å²) in [5.74, 6) is 0. The van der Waals surface area contributed by atoms with Crippen LogP contribution in [0.15, 0.2) is 152 Å². The van der Waals surface area contributed by atoms with E-state index < -0.39 is 0 Å². The molecular formula is C39H25N3. The SMILES string of the molecule is c1ccc(-n2c3cccnc3c3cccc(-c4cccc5c4c4ccccc4n5-c4ccc5ccccc5c4)c32)cc1. The molecule has 0 aliphatic rings. The van der Waals surface area contributed by atoms with Gasteiger partial charge in [0.1, 0.15) is 0 Å². The molecule has 9 aromatic rings. The molecule has 3 heteroatoms. The monoisotopic (exact) mass is 535 g/mol. The summed E-state index contributed by atoms with van der Waals surface area (Å²) in [6.07, 6.45) is 1.89. The standard InChI is InChI=1S/C39H25N3/c1-2-13-28(14-3-1)42-36-21-10-24-40-38(36)33-18-8-17-31(39(33)42)30-16-9-20-35-37(30)32-15-6-7-19-34(32)41(35)29-23-22-26-11-4-5-12-27(26)25-29/h1-25H. The van der Waals surface area contributed by atoms with Gasteiger partial charge in [0.2, 0.25) is 0 Å². The van der Waals surface area contributed by atoms with Crippen molar-refractivity contribution < 1.29 is 0 Å². The zero-order chi connectivity index (χ0) is 27.6. The Bertz CT molecular complexity index is 2460. The topological polar surface area (TPSA) is 22.8 Å². The molecule has 3 heterocycles. The largest absolute Gasteiger partial charge is 0.309 e. The first-order valence-electron chi connectivity index (χ1n) is 14.3. The molecule has 0 radical (unpaired) electrons. The van der Waals surface area contributed by atoms with Crippen LogP contribution < -0.4 is 0 Å². The summed E-state index contributed by atoms with van der Waals surface area (Å²) in [6, 6.07) is 52.3. The second-order valence-electron chi connectivity index (χ2n) is 10.8. The average Bonchev–Trinajstić information content (AvgIpc) is 3.58. The molecule has 0 saturated heterocycles. The molecule has 0 atom stereocenters. The molecule has 0 fully saturated rings. The third kappa shape index (κ3) is 3.25. The predicted molar refractivity (Wildman–Crippen MR) is 176 cm³/mol. The van der Waals surface area contributed by atoms with Crippen LogP contribution in [0.1, 0.15) is 0 Å². The molecule has 42 heavy (non-hydrogen) atoms. The number of benzene rings is 6. The van der Waals surface area contributed by atoms with Gasteiger partial charge in [-0.1, -0.05) is 97.1 Å². The molecule has 0 saturated carbocycles. The van der Waals surface area contributed by atoms with Gasteiger partial charge in [0.25, 0.3) is 0 Å². The zero-order valence-corrected chi connectivity index (χ0v) is 22.8. The zero-order valence-electron chi connectivity index (χ0n) is 22.8. The Morgan fingerprint density at radius 1 is 0.429 bits per heavy atom. The van der Waals surface area contributed by atoms with E-state index in [1.807, 2.05) is 12.3 Å². The molecule has 196 valence electrons. The second-order valence-corrected chi connectivity index (χ2v) is 10.8. The number of fused-ring (bicyclic) bond motifs is 7. The molecule has 0 amide bonds. The molecule has 0 N–H and O–H groups in total. The fraction of sp³-hybridized carbons (Fsp3) is 0. The van der Waals surface area contributed by atoms with Crippen LogP contribution in [-0.2, 0) is 0 Å². The van der Waals surface area contributed by atoms with Crippen molar-refractivity contribution in [3.8, 4) is 22.5 Å². The first kappa shape index (κ1) is 23.1. The lowest BCUT2D eigenvalue weighted by Gasteiger charge is -2.13. The van der Waals surface area contributed by atoms with Gasteiger partial charge in [0, 0.05) is 39.3 Å². The van der Waals surface area contributed by atoms with Gasteiger partial charge in [-0.3, -0.25) is 4.98 Å². The number of rotatable bonds is 3. The van der Waals surface area contributed by atoms with Crippen LogP contribution in [0.25, 0.3) is 77.0 Å². The van der Waals surface area contributed by atoms with Crippen molar-refractivity contribution in [3.05, 3.63) is 152 Å². The Balaban J connectivity index is 1.41. The van der Waals surface area contributed by atoms with Gasteiger partial charge in [-0.15, -0.1) is 0 Å². The minimum absolute atomic E-state index is 1.02. The van der Waals surface area contributed by atoms with E-state index in [4.69, 9.17) is 4.98 Å². The Labute approximate surface area is 242 Å². The number of aromatic nitrogens is 3. The van der Waals surface area contributed by atoms with E-state index in [2.05, 4.69) is 149 Å². The lowest BCUT2D eigenvalue weighted by molar-refractivity contribution is 1.18. The maximum absolute atomic E-state index is 4.85. The predicted octanol–water partition coefficient (Wildman–Crippen LogP) is 10.1. The van der Waals surface area contributed by atoms with Crippen molar-refractivity contribution in [1.29, 1.82) is 0 Å². The van der Waals surface area contributed by atoms with E-state index in [-0.39, 0.29) is 0 Å². The van der Waals surface area contributed by atoms with E-state index in [1.54, 1.807) is 0 Å². The smallest absolute Gasteiger partial charge is 0.0963 e. The summed E-state index contributed by atoms with van der Waals surface area (Å²) in [6.45, 7) is 0. The Morgan fingerprint density at radius 2 is 1.14 bits per heavy atom. The lowest BCUT2D eigenvalue weighted by atomic mass is 9.97. The Kier molecular flexibility index (Phi) is 4.90. The molecule has 6 aromatic carbocycles. The van der Waals surface area contributed by atoms with Crippen molar-refractivity contribution in [2.24, 2.45) is 0 Å². The molecule has 3 aromatic heterocycles. The van der Waals surface area contributed by atoms with Crippen molar-refractivity contribution in [2.75, 3.05) is 0 Å². The Morgan fingerprint density at radius 3 is 2.07 bits per heavy atom. The summed E-state index contributed by atoms with van der Waals surface area (Å²) in [5.41, 5.74) is 10.4. The third-order valence-corrected chi connectivity index (χ3v) is 8.54. The fourth-order valence-electron chi connectivity index (χ4n) is 6.78. The van der Waals surface area contributed by atoms with Gasteiger partial charge >= 0.3 is 0 Å². The van der Waals surface area contributed by atoms with Gasteiger partial charge < -0.3 is 9.13 Å². The van der Waals surface area contributed by atoms with Crippen molar-refractivity contribution in [2.45, 2.75) is 0 Å². The van der Waals surface area contributed by atoms with Crippen LogP contribution >= 0.6 is 0 Å². The highest BCUT2D eigenvalue weighted by atomic mass is 15.0. The molecule has 0 bridgehead atoms. The van der Waals surface area contributed by atoms with E-state index >= 15 is 0 Å². The number of nitrogens with zero attached hydrogens (tertiary/aromatic N) is 3. The molecule has 0 unspecified atom stereocenters. The molecule has 9 rings (SSSR count). The minimum Gasteiger partial charge on any atom is -0.309 e. The number of hydrogen-bond donors (Lipinski definition) is 0. The molecule has 3 nitrogen and oxygen atoms in total. The number of hydrogen-bond acceptors (Lipinski definition) is 1. The third-order valence-electron chi connectivity index (χ3n) is 8.54. The van der Waals surface area contributed by atoms with Crippen LogP contribution in [0, 0.1) is 0 Å². The second kappa shape index (κ2) is 8.92. The Hall–Kier alpha value is -5.67. The summed E-state index contributed by atoms with van der Waals surface area (Å²) in [4.78, 5) is 4.85. The average molecular weight is 536 g/mol. The van der Waals surface area contributed by atoms with Crippen LogP contribution in [0.3, 0.4) is 0 Å². The lowest BCUT2D eigenvalue weighted by Crippen LogP contribution is -1.96. The van der Waals surface area contributed by atoms with E-state index in [0.717, 1.165) is 27.8 Å². The normalized spacial score (nSPS) is 11.8. The summed E-state index contributed by atoms with van der Waals surface area (Å²) in [7, 11) is 0. The van der Waals surface area contributed by atoms with Gasteiger partial charge in [-0.25, -0.2) is 0 Å². The highest BCUT2D eigenvalue weighted by molar-refractivity contribution is 6.20. The van der Waals surface area contributed by atoms with Crippen LogP contribution in [0.2, 0.25) is 0 Å². The van der Waals surface area contributed by atoms with Crippen LogP contribution in [0.5, 0.6) is 0 Å². The van der Waals surface area contributed by atoms with E-state index in [0.29, 0.717) is 0 Å². The van der Waals surface area contributed by atoms with E-state index in [1.165, 1.54) is 49.2 Å². The van der Waals surface area contributed by atoms with Gasteiger partial charge in [-0.2, -0.15) is 0 Å². The minimum atomic E-state index is 1.02. The summed E-state index contributed by atoms with van der Waals surface area (Å²) in [5, 5.41) is 6.14. The quantitative estimate of drug-likeness (QED) is 0.221. The first-order valence-corrected chi connectivity index (χ1v) is 14.3. The maximum atomic E-state index is 4.85. The first-order chi connectivity index (χ1) is 20.9. The summed E-state index contributed by atoms with van der Waals surface area (Å²) >= 11 is 0. The number of pyridine rings is 1. The van der Waals surface area contributed by atoms with Crippen LogP contribution in [0.4, 0.5) is 0 Å². The van der Waals surface area contributed by atoms with Crippen molar-refractivity contribution in [3.63, 3.8) is 0 Å². The molecule has 0 aliphatic heterocycles. The van der Waals surface area contributed by atoms with Gasteiger partial charge in [0.15, 0.2) is 0 Å². The molecule has 0 aliphatic carbocycles. The molecular weight excluding hydrogens is 510 g/mol. The summed E-state index contributed by atoms with van der Waals surface area (Å²) < 4.78 is 4.78. The maximum Gasteiger partial charge on any atom is 0.0963 e.